The maximum atomic E-state index is 13.2. The van der Waals surface area contributed by atoms with E-state index in [9.17, 15) is 14.4 Å². The molecule has 0 aliphatic carbocycles. The molecule has 1 atom stereocenters. The molecule has 0 spiro atoms. The van der Waals surface area contributed by atoms with Crippen LogP contribution in [0, 0.1) is 0 Å². The van der Waals surface area contributed by atoms with Gasteiger partial charge in [0, 0.05) is 36.2 Å². The van der Waals surface area contributed by atoms with Gasteiger partial charge in [-0.1, -0.05) is 58.4 Å². The van der Waals surface area contributed by atoms with E-state index in [0.717, 1.165) is 43.2 Å². The fourth-order valence-corrected chi connectivity index (χ4v) is 5.34. The van der Waals surface area contributed by atoms with Gasteiger partial charge in [0.15, 0.2) is 10.9 Å². The number of carbonyl (C=O) groups is 2. The minimum atomic E-state index is -0.103. The summed E-state index contributed by atoms with van der Waals surface area (Å²) in [6.45, 7) is 1.85. The van der Waals surface area contributed by atoms with E-state index in [2.05, 4.69) is 21.2 Å². The molecule has 0 saturated carbocycles. The number of fused-ring (bicyclic) bond motifs is 1. The molecule has 36 heavy (non-hydrogen) atoms. The first-order chi connectivity index (χ1) is 17.5. The smallest absolute Gasteiger partial charge is 0.262 e. The number of thioether (sulfide) groups is 1. The van der Waals surface area contributed by atoms with Gasteiger partial charge in [0.25, 0.3) is 5.56 Å². The lowest BCUT2D eigenvalue weighted by atomic mass is 10.1. The van der Waals surface area contributed by atoms with E-state index < -0.39 is 0 Å². The predicted octanol–water partition coefficient (Wildman–Crippen LogP) is 4.99. The molecule has 9 heteroatoms. The number of Topliss-reactive ketones (excluding diaryl/α,β-unsaturated/α-hetero) is 1. The van der Waals surface area contributed by atoms with Crippen molar-refractivity contribution in [2.75, 3.05) is 18.9 Å². The van der Waals surface area contributed by atoms with Crippen molar-refractivity contribution in [3.05, 3.63) is 68.9 Å². The van der Waals surface area contributed by atoms with Crippen LogP contribution in [0.3, 0.4) is 0 Å². The van der Waals surface area contributed by atoms with Crippen molar-refractivity contribution in [1.29, 1.82) is 0 Å². The van der Waals surface area contributed by atoms with Crippen LogP contribution in [0.1, 0.15) is 48.9 Å². The molecule has 2 aromatic carbocycles. The highest BCUT2D eigenvalue weighted by molar-refractivity contribution is 9.10. The van der Waals surface area contributed by atoms with Crippen LogP contribution in [0.5, 0.6) is 0 Å². The molecule has 1 saturated heterocycles. The number of ketones is 1. The van der Waals surface area contributed by atoms with Crippen molar-refractivity contribution >= 4 is 50.3 Å². The summed E-state index contributed by atoms with van der Waals surface area (Å²) in [4.78, 5) is 42.7. The molecule has 1 fully saturated rings. The van der Waals surface area contributed by atoms with Crippen molar-refractivity contribution in [3.63, 3.8) is 0 Å². The van der Waals surface area contributed by atoms with Gasteiger partial charge in [-0.15, -0.1) is 0 Å². The number of aromatic nitrogens is 2. The van der Waals surface area contributed by atoms with Gasteiger partial charge in [0.05, 0.1) is 22.8 Å². The van der Waals surface area contributed by atoms with E-state index in [0.29, 0.717) is 41.1 Å². The van der Waals surface area contributed by atoms with Gasteiger partial charge in [-0.3, -0.25) is 19.0 Å². The SMILES string of the molecule is O=C(CCCCCn1c(SCC(=O)c2ccc(Br)cc2)nc2ccccc2c1=O)NC[C@@H]1CCCO1. The molecule has 190 valence electrons. The maximum Gasteiger partial charge on any atom is 0.262 e. The van der Waals surface area contributed by atoms with Crippen LogP contribution in [0.4, 0.5) is 0 Å². The van der Waals surface area contributed by atoms with E-state index in [1.165, 1.54) is 11.8 Å². The average molecular weight is 573 g/mol. The van der Waals surface area contributed by atoms with E-state index in [1.807, 2.05) is 30.3 Å². The fraction of sp³-hybridized carbons (Fsp3) is 0.407. The zero-order chi connectivity index (χ0) is 25.3. The number of nitrogens with zero attached hydrogens (tertiary/aromatic N) is 2. The molecule has 1 aliphatic heterocycles. The Morgan fingerprint density at radius 3 is 2.69 bits per heavy atom. The molecule has 1 amide bonds. The van der Waals surface area contributed by atoms with Crippen LogP contribution < -0.4 is 10.9 Å². The van der Waals surface area contributed by atoms with Gasteiger partial charge in [0.2, 0.25) is 5.91 Å². The number of amides is 1. The molecule has 4 rings (SSSR count). The Morgan fingerprint density at radius 2 is 1.92 bits per heavy atom. The third kappa shape index (κ3) is 7.27. The Balaban J connectivity index is 1.34. The number of hydrogen-bond donors (Lipinski definition) is 1. The normalized spacial score (nSPS) is 15.3. The highest BCUT2D eigenvalue weighted by Crippen LogP contribution is 2.21. The lowest BCUT2D eigenvalue weighted by Gasteiger charge is -2.13. The summed E-state index contributed by atoms with van der Waals surface area (Å²) < 4.78 is 8.11. The van der Waals surface area contributed by atoms with Crippen molar-refractivity contribution in [1.82, 2.24) is 14.9 Å². The van der Waals surface area contributed by atoms with Crippen molar-refractivity contribution in [2.24, 2.45) is 0 Å². The average Bonchev–Trinajstić information content (AvgIpc) is 3.41. The molecule has 0 unspecified atom stereocenters. The number of halogens is 1. The van der Waals surface area contributed by atoms with Gasteiger partial charge >= 0.3 is 0 Å². The minimum Gasteiger partial charge on any atom is -0.376 e. The highest BCUT2D eigenvalue weighted by atomic mass is 79.9. The molecule has 1 N–H and O–H groups in total. The van der Waals surface area contributed by atoms with Crippen LogP contribution in [0.15, 0.2) is 63.0 Å². The van der Waals surface area contributed by atoms with E-state index in [1.54, 1.807) is 22.8 Å². The standard InChI is InChI=1S/C27H30BrN3O4S/c28-20-13-11-19(12-14-20)24(32)18-36-27-30-23-9-4-3-8-22(23)26(34)31(27)15-5-1-2-10-25(33)29-17-21-7-6-16-35-21/h3-4,8-9,11-14,21H,1-2,5-7,10,15-18H2,(H,29,33)/t21-/m0/s1. The van der Waals surface area contributed by atoms with Crippen LogP contribution in [-0.2, 0) is 16.1 Å². The summed E-state index contributed by atoms with van der Waals surface area (Å²) in [5.74, 6) is 0.213. The Bertz CT molecular complexity index is 1260. The first kappa shape index (κ1) is 26.6. The van der Waals surface area contributed by atoms with Crippen molar-refractivity contribution < 1.29 is 14.3 Å². The molecular formula is C27H30BrN3O4S. The minimum absolute atomic E-state index is 0.0181. The topological polar surface area (TPSA) is 90.3 Å². The zero-order valence-corrected chi connectivity index (χ0v) is 22.5. The van der Waals surface area contributed by atoms with Crippen LogP contribution in [0.25, 0.3) is 10.9 Å². The Morgan fingerprint density at radius 1 is 1.11 bits per heavy atom. The van der Waals surface area contributed by atoms with Gasteiger partial charge < -0.3 is 10.1 Å². The van der Waals surface area contributed by atoms with Gasteiger partial charge in [0.1, 0.15) is 0 Å². The van der Waals surface area contributed by atoms with Crippen molar-refractivity contribution in [3.8, 4) is 0 Å². The van der Waals surface area contributed by atoms with E-state index >= 15 is 0 Å². The van der Waals surface area contributed by atoms with Gasteiger partial charge in [-0.25, -0.2) is 4.98 Å². The molecular weight excluding hydrogens is 542 g/mol. The van der Waals surface area contributed by atoms with E-state index in [4.69, 9.17) is 9.72 Å². The van der Waals surface area contributed by atoms with Gasteiger partial charge in [-0.05, 0) is 49.9 Å². The second-order valence-corrected chi connectivity index (χ2v) is 10.7. The molecule has 3 aromatic rings. The number of carbonyl (C=O) groups excluding carboxylic acids is 2. The number of benzene rings is 2. The zero-order valence-electron chi connectivity index (χ0n) is 20.1. The second kappa shape index (κ2) is 13.2. The van der Waals surface area contributed by atoms with Gasteiger partial charge in [-0.2, -0.15) is 0 Å². The molecule has 2 heterocycles. The second-order valence-electron chi connectivity index (χ2n) is 8.84. The Labute approximate surface area is 223 Å². The molecule has 0 bridgehead atoms. The fourth-order valence-electron chi connectivity index (χ4n) is 4.16. The van der Waals surface area contributed by atoms with Crippen LogP contribution >= 0.6 is 27.7 Å². The Hall–Kier alpha value is -2.49. The summed E-state index contributed by atoms with van der Waals surface area (Å²) >= 11 is 4.67. The number of rotatable bonds is 12. The molecule has 1 aromatic heterocycles. The third-order valence-electron chi connectivity index (χ3n) is 6.16. The number of para-hydroxylation sites is 1. The lowest BCUT2D eigenvalue weighted by molar-refractivity contribution is -0.121. The first-order valence-corrected chi connectivity index (χ1v) is 14.1. The summed E-state index contributed by atoms with van der Waals surface area (Å²) in [6.07, 6.45) is 4.97. The Kier molecular flexibility index (Phi) is 9.72. The number of ether oxygens (including phenoxy) is 1. The number of unbranched alkanes of at least 4 members (excludes halogenated alkanes) is 2. The largest absolute Gasteiger partial charge is 0.376 e. The highest BCUT2D eigenvalue weighted by Gasteiger charge is 2.16. The van der Waals surface area contributed by atoms with E-state index in [-0.39, 0.29) is 29.1 Å². The monoisotopic (exact) mass is 571 g/mol. The third-order valence-corrected chi connectivity index (χ3v) is 7.67. The maximum absolute atomic E-state index is 13.2. The van der Waals surface area contributed by atoms with Crippen LogP contribution in [-0.4, -0.2) is 46.2 Å². The predicted molar refractivity (Wildman–Crippen MR) is 146 cm³/mol. The van der Waals surface area contributed by atoms with Crippen LogP contribution in [0.2, 0.25) is 0 Å². The number of hydrogen-bond acceptors (Lipinski definition) is 6. The summed E-state index contributed by atoms with van der Waals surface area (Å²) in [7, 11) is 0. The van der Waals surface area contributed by atoms with Crippen molar-refractivity contribution in [2.45, 2.75) is 56.3 Å². The lowest BCUT2D eigenvalue weighted by Crippen LogP contribution is -2.31. The number of nitrogens with one attached hydrogen (secondary N) is 1. The molecule has 7 nitrogen and oxygen atoms in total. The first-order valence-electron chi connectivity index (χ1n) is 12.3. The summed E-state index contributed by atoms with van der Waals surface area (Å²) in [6, 6.07) is 14.5. The molecule has 0 radical (unpaired) electrons. The summed E-state index contributed by atoms with van der Waals surface area (Å²) in [5.41, 5.74) is 1.15. The summed E-state index contributed by atoms with van der Waals surface area (Å²) in [5, 5.41) is 4.05. The quantitative estimate of drug-likeness (QED) is 0.142. The molecule has 1 aliphatic rings.